The van der Waals surface area contributed by atoms with E-state index in [2.05, 4.69) is 0 Å². The van der Waals surface area contributed by atoms with Gasteiger partial charge >= 0.3 is 0 Å². The Bertz CT molecular complexity index is 2450. The first kappa shape index (κ1) is 40.9. The summed E-state index contributed by atoms with van der Waals surface area (Å²) in [6.45, 7) is -0.342. The van der Waals surface area contributed by atoms with Gasteiger partial charge < -0.3 is 9.47 Å². The van der Waals surface area contributed by atoms with Crippen molar-refractivity contribution in [3.05, 3.63) is 143 Å². The van der Waals surface area contributed by atoms with E-state index in [1.807, 2.05) is 0 Å². The second-order valence-corrected chi connectivity index (χ2v) is 15.6. The van der Waals surface area contributed by atoms with Crippen LogP contribution in [0.25, 0.3) is 22.5 Å². The van der Waals surface area contributed by atoms with Crippen LogP contribution in [0.15, 0.2) is 107 Å². The molecule has 0 saturated carbocycles. The van der Waals surface area contributed by atoms with E-state index in [4.69, 9.17) is 9.47 Å². The minimum atomic E-state index is -4.63. The fourth-order valence-corrected chi connectivity index (χ4v) is 8.91. The number of rotatable bonds is 12. The Morgan fingerprint density at radius 3 is 1.25 bits per heavy atom. The second kappa shape index (κ2) is 15.9. The van der Waals surface area contributed by atoms with Crippen LogP contribution in [0.2, 0.25) is 0 Å². The van der Waals surface area contributed by atoms with Gasteiger partial charge in [0.15, 0.2) is 0 Å². The van der Waals surface area contributed by atoms with Crippen LogP contribution in [0.3, 0.4) is 0 Å². The van der Waals surface area contributed by atoms with Gasteiger partial charge in [0.05, 0.1) is 24.0 Å². The summed E-state index contributed by atoms with van der Waals surface area (Å²) < 4.78 is 155. The van der Waals surface area contributed by atoms with E-state index >= 15 is 8.78 Å². The average Bonchev–Trinajstić information content (AvgIpc) is 3.66. The van der Waals surface area contributed by atoms with Gasteiger partial charge in [-0.3, -0.25) is 4.90 Å². The highest BCUT2D eigenvalue weighted by atomic mass is 35.5. The smallest absolute Gasteiger partial charge is 0.268 e. The average molecular weight is 826 g/mol. The Labute approximate surface area is 318 Å². The minimum Gasteiger partial charge on any atom is -0.494 e. The molecule has 290 valence electrons. The first-order chi connectivity index (χ1) is 25.6. The van der Waals surface area contributed by atoms with Crippen molar-refractivity contribution in [3.63, 3.8) is 0 Å². The van der Waals surface area contributed by atoms with Crippen LogP contribution in [-0.2, 0) is 33.1 Å². The molecule has 0 aliphatic heterocycles. The molecular weight excluding hydrogens is 796 g/mol. The highest BCUT2D eigenvalue weighted by Gasteiger charge is 2.32. The number of nitrogens with zero attached hydrogens (tertiary/aromatic N) is 3. The van der Waals surface area contributed by atoms with Crippen molar-refractivity contribution in [2.75, 3.05) is 21.3 Å². The van der Waals surface area contributed by atoms with Crippen LogP contribution in [0.5, 0.6) is 11.5 Å². The van der Waals surface area contributed by atoms with Crippen LogP contribution in [-0.4, -0.2) is 50.9 Å². The SMILES string of the molecule is COc1c(CN(C)Cc2cn(S(=O)(=O)c3cccc(F)c3)c(-c3ccc(F)cc3F)c2OC)cn(S(=O)(=O)c2cccc(F)c2)c1-c1ccc(F)cc1F.Cl. The fourth-order valence-electron chi connectivity index (χ4n) is 6.06. The Kier molecular flexibility index (Phi) is 11.8. The molecule has 18 heteroatoms. The lowest BCUT2D eigenvalue weighted by atomic mass is 10.1. The molecule has 0 N–H and O–H groups in total. The maximum atomic E-state index is 15.3. The molecule has 6 aromatic rings. The molecule has 0 radical (unpaired) electrons. The molecule has 0 amide bonds. The molecule has 4 aromatic carbocycles. The summed E-state index contributed by atoms with van der Waals surface area (Å²) in [5, 5.41) is 0. The number of halogens is 7. The molecule has 0 spiro atoms. The van der Waals surface area contributed by atoms with Crippen molar-refractivity contribution in [2.24, 2.45) is 0 Å². The maximum absolute atomic E-state index is 15.3. The summed E-state index contributed by atoms with van der Waals surface area (Å²) in [6, 6.07) is 13.3. The lowest BCUT2D eigenvalue weighted by Crippen LogP contribution is -2.18. The highest BCUT2D eigenvalue weighted by molar-refractivity contribution is 7.90. The lowest BCUT2D eigenvalue weighted by Gasteiger charge is -2.17. The molecule has 0 bridgehead atoms. The molecule has 2 aromatic heterocycles. The van der Waals surface area contributed by atoms with Crippen molar-refractivity contribution < 1.29 is 52.7 Å². The third-order valence-electron chi connectivity index (χ3n) is 8.37. The second-order valence-electron chi connectivity index (χ2n) is 12.0. The van der Waals surface area contributed by atoms with Crippen LogP contribution in [0.4, 0.5) is 26.3 Å². The molecule has 0 aliphatic rings. The van der Waals surface area contributed by atoms with Crippen LogP contribution >= 0.6 is 12.4 Å². The van der Waals surface area contributed by atoms with Crippen molar-refractivity contribution in [1.29, 1.82) is 0 Å². The van der Waals surface area contributed by atoms with Crippen molar-refractivity contribution in [2.45, 2.75) is 22.9 Å². The summed E-state index contributed by atoms with van der Waals surface area (Å²) in [6.07, 6.45) is 2.26. The predicted molar refractivity (Wildman–Crippen MR) is 193 cm³/mol. The van der Waals surface area contributed by atoms with Crippen LogP contribution < -0.4 is 9.47 Å². The van der Waals surface area contributed by atoms with Gasteiger partial charge in [0.1, 0.15) is 57.8 Å². The van der Waals surface area contributed by atoms with E-state index in [1.54, 1.807) is 11.9 Å². The Balaban J connectivity index is 0.00000580. The van der Waals surface area contributed by atoms with E-state index in [0.717, 1.165) is 73.1 Å². The topological polar surface area (TPSA) is 99.8 Å². The fraction of sp³-hybridized carbons (Fsp3) is 0.135. The molecule has 0 saturated heterocycles. The Morgan fingerprint density at radius 1 is 0.564 bits per heavy atom. The molecule has 0 atom stereocenters. The predicted octanol–water partition coefficient (Wildman–Crippen LogP) is 8.00. The third-order valence-corrected chi connectivity index (χ3v) is 11.7. The van der Waals surface area contributed by atoms with Crippen molar-refractivity contribution >= 4 is 32.5 Å². The van der Waals surface area contributed by atoms with E-state index in [-0.39, 0.29) is 70.6 Å². The largest absolute Gasteiger partial charge is 0.494 e. The van der Waals surface area contributed by atoms with Gasteiger partial charge in [0, 0.05) is 59.9 Å². The van der Waals surface area contributed by atoms with Crippen LogP contribution in [0.1, 0.15) is 11.1 Å². The molecule has 55 heavy (non-hydrogen) atoms. The Hall–Kier alpha value is -5.23. The van der Waals surface area contributed by atoms with E-state index in [1.165, 1.54) is 26.4 Å². The number of aromatic nitrogens is 2. The quantitative estimate of drug-likeness (QED) is 0.115. The van der Waals surface area contributed by atoms with Gasteiger partial charge in [-0.1, -0.05) is 12.1 Å². The summed E-state index contributed by atoms with van der Waals surface area (Å²) in [4.78, 5) is 0.605. The monoisotopic (exact) mass is 825 g/mol. The first-order valence-electron chi connectivity index (χ1n) is 15.7. The molecule has 0 aliphatic carbocycles. The molecule has 9 nitrogen and oxygen atoms in total. The zero-order valence-corrected chi connectivity index (χ0v) is 31.4. The zero-order valence-electron chi connectivity index (χ0n) is 28.9. The summed E-state index contributed by atoms with van der Waals surface area (Å²) in [7, 11) is -5.31. The highest BCUT2D eigenvalue weighted by Crippen LogP contribution is 2.42. The van der Waals surface area contributed by atoms with E-state index in [0.29, 0.717) is 20.1 Å². The van der Waals surface area contributed by atoms with E-state index < -0.39 is 64.7 Å². The number of hydrogen-bond acceptors (Lipinski definition) is 7. The van der Waals surface area contributed by atoms with Crippen LogP contribution in [0, 0.1) is 34.9 Å². The molecule has 2 heterocycles. The number of ether oxygens (including phenoxy) is 2. The van der Waals surface area contributed by atoms with Crippen molar-refractivity contribution in [3.8, 4) is 34.0 Å². The zero-order chi connectivity index (χ0) is 39.1. The summed E-state index contributed by atoms with van der Waals surface area (Å²) >= 11 is 0. The Morgan fingerprint density at radius 2 is 0.927 bits per heavy atom. The van der Waals surface area contributed by atoms with Gasteiger partial charge in [-0.15, -0.1) is 12.4 Å². The minimum absolute atomic E-state index is 0. The molecule has 6 rings (SSSR count). The molecule has 0 fully saturated rings. The summed E-state index contributed by atoms with van der Waals surface area (Å²) in [5.74, 6) is -6.09. The normalized spacial score (nSPS) is 11.8. The van der Waals surface area contributed by atoms with Gasteiger partial charge in [-0.25, -0.2) is 51.1 Å². The van der Waals surface area contributed by atoms with Gasteiger partial charge in [-0.2, -0.15) is 0 Å². The number of hydrogen-bond donors (Lipinski definition) is 0. The van der Waals surface area contributed by atoms with Crippen molar-refractivity contribution in [1.82, 2.24) is 12.8 Å². The van der Waals surface area contributed by atoms with Gasteiger partial charge in [-0.05, 0) is 67.7 Å². The van der Waals surface area contributed by atoms with Gasteiger partial charge in [0.2, 0.25) is 0 Å². The van der Waals surface area contributed by atoms with E-state index in [9.17, 15) is 34.4 Å². The van der Waals surface area contributed by atoms with Gasteiger partial charge in [0.25, 0.3) is 20.0 Å². The standard InChI is InChI=1S/C37H29F6N3O6S2.ClH/c1-44(18-22-20-45(53(47,48)28-8-4-6-24(38)14-28)34(36(22)51-2)30-12-10-26(40)16-32(30)42)19-23-21-46(54(49,50)29-9-5-7-25(39)15-29)35(37(23)52-3)31-13-11-27(41)17-33(31)43;/h4-17,20-21H,18-19H2,1-3H3;1H. The molecular formula is C37H30ClF6N3O6S2. The third kappa shape index (κ3) is 7.82. The maximum Gasteiger partial charge on any atom is 0.268 e. The molecule has 0 unspecified atom stereocenters. The number of methoxy groups -OCH3 is 2. The number of benzene rings is 4. The first-order valence-corrected chi connectivity index (χ1v) is 18.6. The summed E-state index contributed by atoms with van der Waals surface area (Å²) in [5.41, 5.74) is -1.07. The lowest BCUT2D eigenvalue weighted by molar-refractivity contribution is 0.304.